The van der Waals surface area contributed by atoms with Gasteiger partial charge in [-0.15, -0.1) is 0 Å². The molecule has 0 aliphatic carbocycles. The van der Waals surface area contributed by atoms with Gasteiger partial charge in [0.15, 0.2) is 0 Å². The van der Waals surface area contributed by atoms with E-state index < -0.39 is 0 Å². The molecule has 2 aliphatic heterocycles. The van der Waals surface area contributed by atoms with E-state index in [4.69, 9.17) is 0 Å². The molecule has 0 spiro atoms. The zero-order chi connectivity index (χ0) is 15.5. The molecule has 1 aromatic rings. The summed E-state index contributed by atoms with van der Waals surface area (Å²) in [7, 11) is 2.18. The molecule has 2 aliphatic rings. The molecule has 0 atom stereocenters. The summed E-state index contributed by atoms with van der Waals surface area (Å²) in [6.45, 7) is 10.7. The Labute approximate surface area is 133 Å². The van der Waals surface area contributed by atoms with Crippen molar-refractivity contribution in [2.24, 2.45) is 0 Å². The van der Waals surface area contributed by atoms with Crippen LogP contribution in [-0.4, -0.2) is 66.9 Å². The van der Waals surface area contributed by atoms with Gasteiger partial charge in [-0.2, -0.15) is 0 Å². The van der Waals surface area contributed by atoms with Gasteiger partial charge < -0.3 is 14.7 Å². The van der Waals surface area contributed by atoms with Crippen molar-refractivity contribution in [3.8, 4) is 0 Å². The van der Waals surface area contributed by atoms with Crippen molar-refractivity contribution in [2.45, 2.75) is 12.8 Å². The molecule has 1 amide bonds. The van der Waals surface area contributed by atoms with Crippen LogP contribution in [0.25, 0.3) is 5.70 Å². The number of carbonyl (C=O) groups is 1. The van der Waals surface area contributed by atoms with Crippen LogP contribution in [0.1, 0.15) is 28.8 Å². The van der Waals surface area contributed by atoms with Crippen LogP contribution in [0.3, 0.4) is 0 Å². The summed E-state index contributed by atoms with van der Waals surface area (Å²) in [5.41, 5.74) is 2.65. The first kappa shape index (κ1) is 15.3. The fourth-order valence-corrected chi connectivity index (χ4v) is 3.25. The Bertz CT molecular complexity index is 526. The molecule has 3 rings (SSSR count). The van der Waals surface area contributed by atoms with Crippen LogP contribution in [0.15, 0.2) is 30.8 Å². The zero-order valence-electron chi connectivity index (χ0n) is 13.4. The predicted molar refractivity (Wildman–Crippen MR) is 89.7 cm³/mol. The monoisotopic (exact) mass is 299 g/mol. The van der Waals surface area contributed by atoms with Crippen molar-refractivity contribution in [1.82, 2.24) is 14.7 Å². The molecule has 4 nitrogen and oxygen atoms in total. The summed E-state index contributed by atoms with van der Waals surface area (Å²) in [4.78, 5) is 19.1. The summed E-state index contributed by atoms with van der Waals surface area (Å²) in [5.74, 6) is 0.111. The average Bonchev–Trinajstić information content (AvgIpc) is 2.78. The molecule has 118 valence electrons. The van der Waals surface area contributed by atoms with Crippen molar-refractivity contribution in [2.75, 3.05) is 46.3 Å². The van der Waals surface area contributed by atoms with Crippen molar-refractivity contribution >= 4 is 11.6 Å². The molecule has 2 heterocycles. The van der Waals surface area contributed by atoms with Crippen LogP contribution < -0.4 is 0 Å². The van der Waals surface area contributed by atoms with Crippen LogP contribution in [0, 0.1) is 0 Å². The smallest absolute Gasteiger partial charge is 0.258 e. The number of piperazine rings is 1. The molecule has 1 fully saturated rings. The Balaban J connectivity index is 1.45. The second kappa shape index (κ2) is 6.63. The Hall–Kier alpha value is -1.65. The van der Waals surface area contributed by atoms with E-state index >= 15 is 0 Å². The standard InChI is InChI=1S/C18H25N3O/c1-15-16-7-3-4-8-17(16)18(22)21(15)10-6-5-9-20-13-11-19(2)12-14-20/h3-4,7-8H,1,5-6,9-14H2,2H3. The summed E-state index contributed by atoms with van der Waals surface area (Å²) < 4.78 is 0. The largest absolute Gasteiger partial charge is 0.308 e. The molecule has 4 heteroatoms. The molecule has 0 saturated carbocycles. The molecule has 0 unspecified atom stereocenters. The minimum absolute atomic E-state index is 0.111. The van der Waals surface area contributed by atoms with Gasteiger partial charge in [0.25, 0.3) is 5.91 Å². The quantitative estimate of drug-likeness (QED) is 0.780. The third kappa shape index (κ3) is 3.08. The highest BCUT2D eigenvalue weighted by Gasteiger charge is 2.29. The van der Waals surface area contributed by atoms with Crippen LogP contribution in [-0.2, 0) is 0 Å². The molecule has 1 aromatic carbocycles. The third-order valence-electron chi connectivity index (χ3n) is 4.74. The van der Waals surface area contributed by atoms with E-state index in [0.717, 1.165) is 68.9 Å². The van der Waals surface area contributed by atoms with Crippen LogP contribution >= 0.6 is 0 Å². The summed E-state index contributed by atoms with van der Waals surface area (Å²) in [6.07, 6.45) is 2.17. The topological polar surface area (TPSA) is 26.8 Å². The highest BCUT2D eigenvalue weighted by atomic mass is 16.2. The van der Waals surface area contributed by atoms with E-state index in [1.807, 2.05) is 29.2 Å². The van der Waals surface area contributed by atoms with Gasteiger partial charge in [-0.05, 0) is 32.5 Å². The first-order valence-corrected chi connectivity index (χ1v) is 8.18. The Kier molecular flexibility index (Phi) is 4.60. The number of hydrogen-bond donors (Lipinski definition) is 0. The number of fused-ring (bicyclic) bond motifs is 1. The van der Waals surface area contributed by atoms with Crippen molar-refractivity contribution in [3.05, 3.63) is 42.0 Å². The fourth-order valence-electron chi connectivity index (χ4n) is 3.25. The predicted octanol–water partition coefficient (Wildman–Crippen LogP) is 2.14. The SMILES string of the molecule is C=C1c2ccccc2C(=O)N1CCCCN1CCN(C)CC1. The number of unbranched alkanes of at least 4 members (excludes halogenated alkanes) is 1. The molecular formula is C18H25N3O. The van der Waals surface area contributed by atoms with Crippen LogP contribution in [0.2, 0.25) is 0 Å². The molecule has 0 radical (unpaired) electrons. The van der Waals surface area contributed by atoms with E-state index in [2.05, 4.69) is 23.4 Å². The number of amides is 1. The van der Waals surface area contributed by atoms with E-state index in [1.54, 1.807) is 0 Å². The van der Waals surface area contributed by atoms with Crippen molar-refractivity contribution < 1.29 is 4.79 Å². The zero-order valence-corrected chi connectivity index (χ0v) is 13.4. The second-order valence-electron chi connectivity index (χ2n) is 6.30. The molecule has 1 saturated heterocycles. The van der Waals surface area contributed by atoms with Gasteiger partial charge in [0.2, 0.25) is 0 Å². The first-order chi connectivity index (χ1) is 10.7. The number of hydrogen-bond acceptors (Lipinski definition) is 3. The highest BCUT2D eigenvalue weighted by Crippen LogP contribution is 2.31. The fraction of sp³-hybridized carbons (Fsp3) is 0.500. The van der Waals surface area contributed by atoms with E-state index in [1.165, 1.54) is 0 Å². The number of nitrogens with zero attached hydrogens (tertiary/aromatic N) is 3. The van der Waals surface area contributed by atoms with Gasteiger partial charge >= 0.3 is 0 Å². The normalized spacial score (nSPS) is 19.8. The lowest BCUT2D eigenvalue weighted by Gasteiger charge is -2.32. The average molecular weight is 299 g/mol. The number of likely N-dealkylation sites (N-methyl/N-ethyl adjacent to an activating group) is 1. The lowest BCUT2D eigenvalue weighted by atomic mass is 10.1. The lowest BCUT2D eigenvalue weighted by molar-refractivity contribution is 0.0846. The minimum Gasteiger partial charge on any atom is -0.308 e. The highest BCUT2D eigenvalue weighted by molar-refractivity contribution is 6.08. The summed E-state index contributed by atoms with van der Waals surface area (Å²) in [6, 6.07) is 7.77. The Morgan fingerprint density at radius 3 is 2.32 bits per heavy atom. The maximum Gasteiger partial charge on any atom is 0.258 e. The molecular weight excluding hydrogens is 274 g/mol. The maximum atomic E-state index is 12.4. The van der Waals surface area contributed by atoms with E-state index in [-0.39, 0.29) is 5.91 Å². The minimum atomic E-state index is 0.111. The van der Waals surface area contributed by atoms with Gasteiger partial charge in [-0.3, -0.25) is 4.79 Å². The maximum absolute atomic E-state index is 12.4. The summed E-state index contributed by atoms with van der Waals surface area (Å²) >= 11 is 0. The molecule has 0 bridgehead atoms. The number of rotatable bonds is 5. The van der Waals surface area contributed by atoms with Gasteiger partial charge in [0.1, 0.15) is 0 Å². The van der Waals surface area contributed by atoms with Crippen LogP contribution in [0.4, 0.5) is 0 Å². The lowest BCUT2D eigenvalue weighted by Crippen LogP contribution is -2.44. The molecule has 0 aromatic heterocycles. The number of carbonyl (C=O) groups excluding carboxylic acids is 1. The van der Waals surface area contributed by atoms with Gasteiger partial charge in [-0.1, -0.05) is 24.8 Å². The van der Waals surface area contributed by atoms with E-state index in [9.17, 15) is 4.79 Å². The third-order valence-corrected chi connectivity index (χ3v) is 4.74. The molecule has 22 heavy (non-hydrogen) atoms. The summed E-state index contributed by atoms with van der Waals surface area (Å²) in [5, 5.41) is 0. The Morgan fingerprint density at radius 2 is 1.64 bits per heavy atom. The van der Waals surface area contributed by atoms with Crippen molar-refractivity contribution in [1.29, 1.82) is 0 Å². The second-order valence-corrected chi connectivity index (χ2v) is 6.30. The van der Waals surface area contributed by atoms with Crippen molar-refractivity contribution in [3.63, 3.8) is 0 Å². The van der Waals surface area contributed by atoms with Gasteiger partial charge in [-0.25, -0.2) is 0 Å². The van der Waals surface area contributed by atoms with Crippen LogP contribution in [0.5, 0.6) is 0 Å². The Morgan fingerprint density at radius 1 is 1.00 bits per heavy atom. The van der Waals surface area contributed by atoms with E-state index in [0.29, 0.717) is 0 Å². The number of benzene rings is 1. The first-order valence-electron chi connectivity index (χ1n) is 8.18. The van der Waals surface area contributed by atoms with Gasteiger partial charge in [0, 0.05) is 49.5 Å². The molecule has 0 N–H and O–H groups in total. The van der Waals surface area contributed by atoms with Gasteiger partial charge in [0.05, 0.1) is 0 Å².